The Balaban J connectivity index is 1.65. The third-order valence-corrected chi connectivity index (χ3v) is 4.65. The molecule has 4 amide bonds. The molecule has 1 aliphatic rings. The van der Waals surface area contributed by atoms with Gasteiger partial charge in [0.1, 0.15) is 5.76 Å². The van der Waals surface area contributed by atoms with E-state index < -0.39 is 17.5 Å². The van der Waals surface area contributed by atoms with E-state index in [1.54, 1.807) is 43.3 Å². The van der Waals surface area contributed by atoms with Crippen molar-refractivity contribution in [2.45, 2.75) is 25.8 Å². The lowest BCUT2D eigenvalue weighted by atomic mass is 9.99. The Morgan fingerprint density at radius 1 is 1.18 bits per heavy atom. The number of hydrogen-bond donors (Lipinski definition) is 2. The molecule has 2 heterocycles. The summed E-state index contributed by atoms with van der Waals surface area (Å²) in [4.78, 5) is 49.3. The second-order valence-corrected chi connectivity index (χ2v) is 6.78. The number of carbonyl (C=O) groups excluding carboxylic acids is 4. The quantitative estimate of drug-likeness (QED) is 0.558. The number of benzene rings is 1. The summed E-state index contributed by atoms with van der Waals surface area (Å²) in [7, 11) is 0. The molecule has 0 radical (unpaired) electrons. The Labute approximate surface area is 161 Å². The summed E-state index contributed by atoms with van der Waals surface area (Å²) < 4.78 is 5.26. The highest BCUT2D eigenvalue weighted by Gasteiger charge is 2.51. The molecule has 2 N–H and O–H groups in total. The van der Waals surface area contributed by atoms with Gasteiger partial charge in [-0.3, -0.25) is 19.3 Å². The fourth-order valence-corrected chi connectivity index (χ4v) is 3.05. The van der Waals surface area contributed by atoms with Crippen molar-refractivity contribution in [2.24, 2.45) is 0 Å². The number of imide groups is 1. The fraction of sp³-hybridized carbons (Fsp3) is 0.300. The van der Waals surface area contributed by atoms with Crippen molar-refractivity contribution in [3.05, 3.63) is 59.5 Å². The summed E-state index contributed by atoms with van der Waals surface area (Å²) in [5, 5.41) is 5.29. The van der Waals surface area contributed by atoms with Gasteiger partial charge in [0.25, 0.3) is 5.91 Å². The predicted octanol–water partition coefficient (Wildman–Crippen LogP) is 1.61. The zero-order valence-corrected chi connectivity index (χ0v) is 15.7. The molecule has 1 atom stereocenters. The molecule has 28 heavy (non-hydrogen) atoms. The summed E-state index contributed by atoms with van der Waals surface area (Å²) in [5.74, 6) is -0.667. The fourth-order valence-electron chi connectivity index (χ4n) is 3.05. The van der Waals surface area contributed by atoms with Gasteiger partial charge in [-0.2, -0.15) is 0 Å². The van der Waals surface area contributed by atoms with Crippen LogP contribution in [0.4, 0.5) is 4.79 Å². The van der Waals surface area contributed by atoms with E-state index >= 15 is 0 Å². The number of ketones is 1. The molecule has 0 aliphatic carbocycles. The Kier molecular flexibility index (Phi) is 5.30. The number of amides is 4. The molecular weight excluding hydrogens is 362 g/mol. The van der Waals surface area contributed by atoms with Crippen LogP contribution in [0.3, 0.4) is 0 Å². The van der Waals surface area contributed by atoms with Gasteiger partial charge in [0, 0.05) is 19.0 Å². The van der Waals surface area contributed by atoms with Gasteiger partial charge < -0.3 is 15.1 Å². The van der Waals surface area contributed by atoms with Gasteiger partial charge in [-0.15, -0.1) is 0 Å². The maximum atomic E-state index is 12.7. The van der Waals surface area contributed by atoms with Crippen LogP contribution in [-0.4, -0.2) is 41.6 Å². The van der Waals surface area contributed by atoms with E-state index in [-0.39, 0.29) is 18.2 Å². The van der Waals surface area contributed by atoms with Crippen LogP contribution in [0.5, 0.6) is 0 Å². The van der Waals surface area contributed by atoms with E-state index in [0.29, 0.717) is 24.3 Å². The van der Waals surface area contributed by atoms with Crippen molar-refractivity contribution < 1.29 is 23.6 Å². The van der Waals surface area contributed by atoms with Crippen LogP contribution in [0.1, 0.15) is 35.5 Å². The Hall–Kier alpha value is -3.42. The van der Waals surface area contributed by atoms with Gasteiger partial charge >= 0.3 is 6.03 Å². The minimum Gasteiger partial charge on any atom is -0.466 e. The number of Topliss-reactive ketones (excluding diaryl/α,β-unsaturated/α-hetero) is 1. The lowest BCUT2D eigenvalue weighted by Crippen LogP contribution is -2.41. The largest absolute Gasteiger partial charge is 0.466 e. The SMILES string of the molecule is CC(=O)NCCc1ccc(C(=O)CN2C(=O)N[C@@](C)(c3ccco3)C2=O)cc1. The molecule has 1 aromatic heterocycles. The molecule has 3 rings (SSSR count). The second-order valence-electron chi connectivity index (χ2n) is 6.78. The standard InChI is InChI=1S/C20H21N3O5/c1-13(24)21-10-9-14-5-7-15(8-6-14)16(25)12-23-18(26)20(2,22-19(23)27)17-4-3-11-28-17/h3-8,11H,9-10,12H2,1-2H3,(H,21,24)(H,22,27)/t20-/m0/s1. The highest BCUT2D eigenvalue weighted by Crippen LogP contribution is 2.29. The topological polar surface area (TPSA) is 109 Å². The molecule has 146 valence electrons. The summed E-state index contributed by atoms with van der Waals surface area (Å²) in [6.07, 6.45) is 2.06. The van der Waals surface area contributed by atoms with Gasteiger partial charge in [-0.25, -0.2) is 4.79 Å². The van der Waals surface area contributed by atoms with Gasteiger partial charge in [0.15, 0.2) is 11.3 Å². The monoisotopic (exact) mass is 383 g/mol. The molecule has 0 saturated carbocycles. The number of furan rings is 1. The molecule has 8 nitrogen and oxygen atoms in total. The molecule has 2 aromatic rings. The number of nitrogens with one attached hydrogen (secondary N) is 2. The Bertz CT molecular complexity index is 904. The first kappa shape index (κ1) is 19.3. The van der Waals surface area contributed by atoms with Crippen LogP contribution < -0.4 is 10.6 Å². The zero-order chi connectivity index (χ0) is 20.3. The average Bonchev–Trinajstić information content (AvgIpc) is 3.26. The van der Waals surface area contributed by atoms with Crippen LogP contribution in [0.2, 0.25) is 0 Å². The molecule has 0 bridgehead atoms. The minimum absolute atomic E-state index is 0.0955. The molecule has 1 aliphatic heterocycles. The normalized spacial score (nSPS) is 18.9. The van der Waals surface area contributed by atoms with Crippen LogP contribution in [0, 0.1) is 0 Å². The number of hydrogen-bond acceptors (Lipinski definition) is 5. The molecule has 0 spiro atoms. The van der Waals surface area contributed by atoms with Crippen LogP contribution in [-0.2, 0) is 21.5 Å². The average molecular weight is 383 g/mol. The minimum atomic E-state index is -1.32. The number of nitrogens with zero attached hydrogens (tertiary/aromatic N) is 1. The maximum Gasteiger partial charge on any atom is 0.325 e. The van der Waals surface area contributed by atoms with E-state index in [1.165, 1.54) is 13.2 Å². The van der Waals surface area contributed by atoms with Crippen molar-refractivity contribution in [2.75, 3.05) is 13.1 Å². The van der Waals surface area contributed by atoms with E-state index in [4.69, 9.17) is 4.42 Å². The van der Waals surface area contributed by atoms with Gasteiger partial charge in [0.2, 0.25) is 5.91 Å². The summed E-state index contributed by atoms with van der Waals surface area (Å²) in [6, 6.07) is 9.46. The van der Waals surface area contributed by atoms with Gasteiger partial charge in [-0.05, 0) is 31.0 Å². The van der Waals surface area contributed by atoms with Crippen molar-refractivity contribution in [1.29, 1.82) is 0 Å². The molecule has 1 fully saturated rings. The first-order valence-electron chi connectivity index (χ1n) is 8.86. The van der Waals surface area contributed by atoms with Crippen molar-refractivity contribution >= 4 is 23.6 Å². The van der Waals surface area contributed by atoms with E-state index in [9.17, 15) is 19.2 Å². The van der Waals surface area contributed by atoms with Crippen molar-refractivity contribution in [1.82, 2.24) is 15.5 Å². The summed E-state index contributed by atoms with van der Waals surface area (Å²) in [6.45, 7) is 3.15. The summed E-state index contributed by atoms with van der Waals surface area (Å²) in [5.41, 5.74) is 0.0372. The molecule has 1 aromatic carbocycles. The molecule has 1 saturated heterocycles. The smallest absolute Gasteiger partial charge is 0.325 e. The molecule has 8 heteroatoms. The Morgan fingerprint density at radius 3 is 2.50 bits per heavy atom. The number of urea groups is 1. The molecular formula is C20H21N3O5. The zero-order valence-electron chi connectivity index (χ0n) is 15.7. The van der Waals surface area contributed by atoms with E-state index in [1.807, 2.05) is 0 Å². The van der Waals surface area contributed by atoms with E-state index in [2.05, 4.69) is 10.6 Å². The van der Waals surface area contributed by atoms with Gasteiger partial charge in [-0.1, -0.05) is 24.3 Å². The second kappa shape index (κ2) is 7.67. The van der Waals surface area contributed by atoms with Crippen molar-refractivity contribution in [3.8, 4) is 0 Å². The van der Waals surface area contributed by atoms with Crippen molar-refractivity contribution in [3.63, 3.8) is 0 Å². The van der Waals surface area contributed by atoms with Crippen LogP contribution in [0.15, 0.2) is 47.1 Å². The Morgan fingerprint density at radius 2 is 1.89 bits per heavy atom. The number of carbonyl (C=O) groups is 4. The number of rotatable bonds is 7. The highest BCUT2D eigenvalue weighted by molar-refractivity contribution is 6.11. The van der Waals surface area contributed by atoms with Crippen LogP contribution >= 0.6 is 0 Å². The lowest BCUT2D eigenvalue weighted by Gasteiger charge is -2.18. The first-order chi connectivity index (χ1) is 13.3. The third-order valence-electron chi connectivity index (χ3n) is 4.65. The summed E-state index contributed by atoms with van der Waals surface area (Å²) >= 11 is 0. The van der Waals surface area contributed by atoms with E-state index in [0.717, 1.165) is 10.5 Å². The maximum absolute atomic E-state index is 12.7. The lowest BCUT2D eigenvalue weighted by molar-refractivity contribution is -0.131. The van der Waals surface area contributed by atoms with Crippen LogP contribution in [0.25, 0.3) is 0 Å². The third kappa shape index (κ3) is 3.80. The first-order valence-corrected chi connectivity index (χ1v) is 8.86. The molecule has 0 unspecified atom stereocenters. The van der Waals surface area contributed by atoms with Gasteiger partial charge in [0.05, 0.1) is 12.8 Å². The highest BCUT2D eigenvalue weighted by atomic mass is 16.3. The predicted molar refractivity (Wildman–Crippen MR) is 99.5 cm³/mol.